The van der Waals surface area contributed by atoms with Gasteiger partial charge in [-0.1, -0.05) is 25.1 Å². The van der Waals surface area contributed by atoms with E-state index >= 15 is 0 Å². The molecular weight excluding hydrogens is 270 g/mol. The molecule has 0 amide bonds. The lowest BCUT2D eigenvalue weighted by Crippen LogP contribution is -2.23. The molecular formula is C15H13F4N. The summed E-state index contributed by atoms with van der Waals surface area (Å²) in [6, 6.07) is 6.33. The predicted octanol–water partition coefficient (Wildman–Crippen LogP) is 3.94. The topological polar surface area (TPSA) is 12.0 Å². The number of benzene rings is 2. The van der Waals surface area contributed by atoms with Gasteiger partial charge in [0.15, 0.2) is 23.3 Å². The zero-order valence-electron chi connectivity index (χ0n) is 10.8. The van der Waals surface area contributed by atoms with E-state index < -0.39 is 29.3 Å². The van der Waals surface area contributed by atoms with Crippen LogP contribution in [-0.4, -0.2) is 6.54 Å². The summed E-state index contributed by atoms with van der Waals surface area (Å²) in [4.78, 5) is 0. The lowest BCUT2D eigenvalue weighted by Gasteiger charge is -2.20. The third kappa shape index (κ3) is 2.82. The zero-order chi connectivity index (χ0) is 14.7. The lowest BCUT2D eigenvalue weighted by molar-refractivity contribution is 0.479. The molecule has 0 saturated carbocycles. The SMILES string of the molecule is CCNC(c1ccc(F)c(F)c1)c1cccc(F)c1F. The zero-order valence-corrected chi connectivity index (χ0v) is 10.8. The Morgan fingerprint density at radius 1 is 0.950 bits per heavy atom. The molecule has 0 bridgehead atoms. The lowest BCUT2D eigenvalue weighted by atomic mass is 9.97. The molecule has 0 fully saturated rings. The van der Waals surface area contributed by atoms with Crippen LogP contribution in [0.5, 0.6) is 0 Å². The Hall–Kier alpha value is -1.88. The van der Waals surface area contributed by atoms with E-state index in [1.165, 1.54) is 18.2 Å². The Kier molecular flexibility index (Phi) is 4.39. The van der Waals surface area contributed by atoms with Crippen molar-refractivity contribution in [2.45, 2.75) is 13.0 Å². The number of hydrogen-bond acceptors (Lipinski definition) is 1. The number of halogens is 4. The predicted molar refractivity (Wildman–Crippen MR) is 68.2 cm³/mol. The van der Waals surface area contributed by atoms with E-state index in [0.29, 0.717) is 12.1 Å². The van der Waals surface area contributed by atoms with Gasteiger partial charge in [-0.05, 0) is 30.3 Å². The minimum Gasteiger partial charge on any atom is -0.306 e. The number of hydrogen-bond donors (Lipinski definition) is 1. The molecule has 0 radical (unpaired) electrons. The molecule has 1 atom stereocenters. The molecule has 0 aromatic heterocycles. The summed E-state index contributed by atoms with van der Waals surface area (Å²) < 4.78 is 53.4. The van der Waals surface area contributed by atoms with Crippen LogP contribution < -0.4 is 5.32 Å². The van der Waals surface area contributed by atoms with Gasteiger partial charge in [0.25, 0.3) is 0 Å². The second-order valence-corrected chi connectivity index (χ2v) is 4.31. The molecule has 2 rings (SSSR count). The third-order valence-electron chi connectivity index (χ3n) is 2.98. The van der Waals surface area contributed by atoms with Gasteiger partial charge in [-0.15, -0.1) is 0 Å². The average Bonchev–Trinajstić information content (AvgIpc) is 2.43. The minimum atomic E-state index is -1.03. The fourth-order valence-corrected chi connectivity index (χ4v) is 2.05. The summed E-state index contributed by atoms with van der Waals surface area (Å²) in [6.07, 6.45) is 0. The molecule has 1 N–H and O–H groups in total. The van der Waals surface area contributed by atoms with Gasteiger partial charge < -0.3 is 5.32 Å². The van der Waals surface area contributed by atoms with Crippen molar-refractivity contribution in [1.82, 2.24) is 5.32 Å². The first kappa shape index (κ1) is 14.5. The maximum absolute atomic E-state index is 13.9. The molecule has 1 unspecified atom stereocenters. The van der Waals surface area contributed by atoms with Gasteiger partial charge in [-0.2, -0.15) is 0 Å². The van der Waals surface area contributed by atoms with Crippen molar-refractivity contribution < 1.29 is 17.6 Å². The van der Waals surface area contributed by atoms with Gasteiger partial charge in [0.2, 0.25) is 0 Å². The van der Waals surface area contributed by atoms with Crippen molar-refractivity contribution in [1.29, 1.82) is 0 Å². The Morgan fingerprint density at radius 2 is 1.70 bits per heavy atom. The van der Waals surface area contributed by atoms with E-state index in [1.807, 2.05) is 0 Å². The molecule has 2 aromatic carbocycles. The molecule has 0 aliphatic heterocycles. The molecule has 0 aliphatic rings. The van der Waals surface area contributed by atoms with Gasteiger partial charge in [-0.25, -0.2) is 17.6 Å². The molecule has 20 heavy (non-hydrogen) atoms. The van der Waals surface area contributed by atoms with Crippen molar-refractivity contribution in [2.24, 2.45) is 0 Å². The van der Waals surface area contributed by atoms with Crippen LogP contribution in [0, 0.1) is 23.3 Å². The fraction of sp³-hybridized carbons (Fsp3) is 0.200. The maximum atomic E-state index is 13.9. The summed E-state index contributed by atoms with van der Waals surface area (Å²) in [5.41, 5.74) is 0.383. The van der Waals surface area contributed by atoms with Crippen LogP contribution in [0.15, 0.2) is 36.4 Å². The molecule has 106 valence electrons. The standard InChI is InChI=1S/C15H13F4N/c1-2-20-15(9-6-7-11(16)13(18)8-9)10-4-3-5-12(17)14(10)19/h3-8,15,20H,2H2,1H3. The van der Waals surface area contributed by atoms with Crippen LogP contribution in [-0.2, 0) is 0 Å². The van der Waals surface area contributed by atoms with Crippen LogP contribution in [0.1, 0.15) is 24.1 Å². The van der Waals surface area contributed by atoms with E-state index in [0.717, 1.165) is 18.2 Å². The summed E-state index contributed by atoms with van der Waals surface area (Å²) in [5.74, 6) is -3.98. The average molecular weight is 283 g/mol. The van der Waals surface area contributed by atoms with Crippen LogP contribution >= 0.6 is 0 Å². The Balaban J connectivity index is 2.50. The van der Waals surface area contributed by atoms with Gasteiger partial charge in [0.05, 0.1) is 6.04 Å². The highest BCUT2D eigenvalue weighted by Crippen LogP contribution is 2.26. The van der Waals surface area contributed by atoms with E-state index in [4.69, 9.17) is 0 Å². The first-order chi connectivity index (χ1) is 9.54. The minimum absolute atomic E-state index is 0.0536. The van der Waals surface area contributed by atoms with Crippen molar-refractivity contribution >= 4 is 0 Å². The summed E-state index contributed by atoms with van der Waals surface area (Å²) in [5, 5.41) is 2.93. The second-order valence-electron chi connectivity index (χ2n) is 4.31. The van der Waals surface area contributed by atoms with Crippen molar-refractivity contribution in [3.8, 4) is 0 Å². The second kappa shape index (κ2) is 6.05. The van der Waals surface area contributed by atoms with E-state index in [1.54, 1.807) is 6.92 Å². The van der Waals surface area contributed by atoms with E-state index in [2.05, 4.69) is 5.32 Å². The van der Waals surface area contributed by atoms with Crippen LogP contribution in [0.3, 0.4) is 0 Å². The molecule has 0 saturated heterocycles. The number of rotatable bonds is 4. The van der Waals surface area contributed by atoms with Gasteiger partial charge >= 0.3 is 0 Å². The first-order valence-electron chi connectivity index (χ1n) is 6.16. The van der Waals surface area contributed by atoms with Gasteiger partial charge in [-0.3, -0.25) is 0 Å². The van der Waals surface area contributed by atoms with Gasteiger partial charge in [0, 0.05) is 5.56 Å². The van der Waals surface area contributed by atoms with Crippen molar-refractivity contribution in [3.63, 3.8) is 0 Å². The normalized spacial score (nSPS) is 12.4. The quantitative estimate of drug-likeness (QED) is 0.838. The highest BCUT2D eigenvalue weighted by Gasteiger charge is 2.20. The summed E-state index contributed by atoms with van der Waals surface area (Å²) in [6.45, 7) is 2.24. The fourth-order valence-electron chi connectivity index (χ4n) is 2.05. The number of nitrogens with one attached hydrogen (secondary N) is 1. The Bertz CT molecular complexity index is 613. The van der Waals surface area contributed by atoms with Crippen LogP contribution in [0.4, 0.5) is 17.6 Å². The largest absolute Gasteiger partial charge is 0.306 e. The monoisotopic (exact) mass is 283 g/mol. The molecule has 2 aromatic rings. The Labute approximate surface area is 114 Å². The molecule has 0 heterocycles. The smallest absolute Gasteiger partial charge is 0.163 e. The molecule has 0 spiro atoms. The third-order valence-corrected chi connectivity index (χ3v) is 2.98. The van der Waals surface area contributed by atoms with Crippen molar-refractivity contribution in [2.75, 3.05) is 6.54 Å². The highest BCUT2D eigenvalue weighted by atomic mass is 19.2. The first-order valence-corrected chi connectivity index (χ1v) is 6.16. The highest BCUT2D eigenvalue weighted by molar-refractivity contribution is 5.33. The van der Waals surface area contributed by atoms with Crippen LogP contribution in [0.2, 0.25) is 0 Å². The summed E-state index contributed by atoms with van der Waals surface area (Å²) >= 11 is 0. The van der Waals surface area contributed by atoms with E-state index in [-0.39, 0.29) is 5.56 Å². The molecule has 1 nitrogen and oxygen atoms in total. The maximum Gasteiger partial charge on any atom is 0.163 e. The van der Waals surface area contributed by atoms with E-state index in [9.17, 15) is 17.6 Å². The molecule has 5 heteroatoms. The molecule has 0 aliphatic carbocycles. The van der Waals surface area contributed by atoms with Gasteiger partial charge in [0.1, 0.15) is 0 Å². The van der Waals surface area contributed by atoms with Crippen LogP contribution in [0.25, 0.3) is 0 Å². The Morgan fingerprint density at radius 3 is 2.35 bits per heavy atom. The summed E-state index contributed by atoms with van der Waals surface area (Å²) in [7, 11) is 0. The van der Waals surface area contributed by atoms with Crippen molar-refractivity contribution in [3.05, 3.63) is 70.8 Å².